The molecule has 1 aromatic heterocycles. The van der Waals surface area contributed by atoms with Crippen molar-refractivity contribution < 1.29 is 22.6 Å². The predicted molar refractivity (Wildman–Crippen MR) is 70.3 cm³/mol. The summed E-state index contributed by atoms with van der Waals surface area (Å²) in [6.45, 7) is 1.42. The minimum atomic E-state index is -4.74. The Morgan fingerprint density at radius 3 is 2.50 bits per heavy atom. The maximum atomic E-state index is 12.6. The lowest BCUT2D eigenvalue weighted by molar-refractivity contribution is -0.385. The molecule has 0 saturated heterocycles. The number of hydrogen-bond acceptors (Lipinski definition) is 4. The van der Waals surface area contributed by atoms with Gasteiger partial charge in [0.1, 0.15) is 5.76 Å². The van der Waals surface area contributed by atoms with Crippen molar-refractivity contribution >= 4 is 17.3 Å². The Balaban J connectivity index is 2.71. The zero-order valence-electron chi connectivity index (χ0n) is 11.0. The molecule has 1 aromatic carbocycles. The number of nitro groups is 1. The highest BCUT2D eigenvalue weighted by Crippen LogP contribution is 2.34. The van der Waals surface area contributed by atoms with Gasteiger partial charge < -0.3 is 4.52 Å². The van der Waals surface area contributed by atoms with E-state index in [1.165, 1.54) is 6.92 Å². The molecule has 0 saturated carbocycles. The smallest absolute Gasteiger partial charge is 0.376 e. The first-order valence-electron chi connectivity index (χ1n) is 5.80. The van der Waals surface area contributed by atoms with Gasteiger partial charge in [0, 0.05) is 6.07 Å². The third kappa shape index (κ3) is 2.71. The summed E-state index contributed by atoms with van der Waals surface area (Å²) < 4.78 is 43.5. The molecule has 0 atom stereocenters. The lowest BCUT2D eigenvalue weighted by atomic mass is 10.1. The molecule has 2 aromatic rings. The highest BCUT2D eigenvalue weighted by Gasteiger charge is 2.34. The topological polar surface area (TPSA) is 78.3 Å². The van der Waals surface area contributed by atoms with E-state index in [4.69, 9.17) is 16.1 Å². The van der Waals surface area contributed by atoms with Crippen molar-refractivity contribution in [1.82, 2.24) is 4.74 Å². The number of aromatic nitrogens is 1. The summed E-state index contributed by atoms with van der Waals surface area (Å²) in [6, 6.07) is 1.79. The molecule has 0 spiro atoms. The lowest BCUT2D eigenvalue weighted by Gasteiger charge is -2.08. The van der Waals surface area contributed by atoms with Crippen molar-refractivity contribution in [2.24, 2.45) is 0 Å². The summed E-state index contributed by atoms with van der Waals surface area (Å²) in [5.74, 6) is -0.0514. The van der Waals surface area contributed by atoms with Crippen molar-refractivity contribution in [3.63, 3.8) is 0 Å². The summed E-state index contributed by atoms with van der Waals surface area (Å²) in [5.41, 5.74) is -3.17. The molecule has 2 rings (SSSR count). The average molecular weight is 337 g/mol. The Kier molecular flexibility index (Phi) is 4.01. The minimum Gasteiger partial charge on any atom is -0.376 e. The van der Waals surface area contributed by atoms with E-state index in [0.29, 0.717) is 16.9 Å². The van der Waals surface area contributed by atoms with E-state index in [2.05, 4.69) is 0 Å². The van der Waals surface area contributed by atoms with Crippen molar-refractivity contribution in [1.29, 1.82) is 0 Å². The van der Waals surface area contributed by atoms with Crippen LogP contribution in [0.25, 0.3) is 5.69 Å². The van der Waals surface area contributed by atoms with Crippen LogP contribution < -0.4 is 5.56 Å². The monoisotopic (exact) mass is 336 g/mol. The van der Waals surface area contributed by atoms with E-state index in [0.717, 1.165) is 6.07 Å². The number of benzene rings is 1. The van der Waals surface area contributed by atoms with E-state index >= 15 is 0 Å². The lowest BCUT2D eigenvalue weighted by Crippen LogP contribution is -2.17. The van der Waals surface area contributed by atoms with Gasteiger partial charge in [0.2, 0.25) is 0 Å². The summed E-state index contributed by atoms with van der Waals surface area (Å²) in [4.78, 5) is 22.0. The fraction of sp³-hybridized carbons (Fsp3) is 0.250. The molecule has 0 aliphatic heterocycles. The summed E-state index contributed by atoms with van der Waals surface area (Å²) in [5, 5.41) is 11.0. The normalized spacial score (nSPS) is 11.7. The van der Waals surface area contributed by atoms with Gasteiger partial charge in [-0.1, -0.05) is 0 Å². The first-order valence-corrected chi connectivity index (χ1v) is 6.34. The van der Waals surface area contributed by atoms with E-state index in [1.807, 2.05) is 0 Å². The number of rotatable bonds is 3. The Bertz CT molecular complexity index is 795. The van der Waals surface area contributed by atoms with Gasteiger partial charge in [-0.15, -0.1) is 16.3 Å². The number of alkyl halides is 4. The fourth-order valence-electron chi connectivity index (χ4n) is 1.83. The van der Waals surface area contributed by atoms with Gasteiger partial charge in [0.05, 0.1) is 21.9 Å². The molecule has 0 aliphatic carbocycles. The third-order valence-corrected chi connectivity index (χ3v) is 3.21. The molecule has 0 fully saturated rings. The van der Waals surface area contributed by atoms with E-state index in [-0.39, 0.29) is 17.2 Å². The molecule has 118 valence electrons. The molecule has 0 unspecified atom stereocenters. The molecule has 0 amide bonds. The Morgan fingerprint density at radius 1 is 1.41 bits per heavy atom. The van der Waals surface area contributed by atoms with Crippen LogP contribution in [-0.2, 0) is 12.1 Å². The van der Waals surface area contributed by atoms with Crippen LogP contribution in [0.5, 0.6) is 0 Å². The van der Waals surface area contributed by atoms with Crippen LogP contribution in [0.2, 0.25) is 0 Å². The van der Waals surface area contributed by atoms with E-state index in [1.54, 1.807) is 0 Å². The second-order valence-corrected chi connectivity index (χ2v) is 4.58. The van der Waals surface area contributed by atoms with Crippen LogP contribution in [0, 0.1) is 17.0 Å². The van der Waals surface area contributed by atoms with Gasteiger partial charge in [-0.05, 0) is 19.1 Å². The highest BCUT2D eigenvalue weighted by atomic mass is 35.5. The number of aryl methyl sites for hydroxylation is 1. The molecule has 1 heterocycles. The standard InChI is InChI=1S/C12H8ClF3N2O4/c1-6-8(5-13)11(19)17(22-6)9-3-2-7(12(14,15)16)4-10(9)18(20)21/h2-4H,5H2,1H3. The average Bonchev–Trinajstić information content (AvgIpc) is 2.71. The van der Waals surface area contributed by atoms with Crippen molar-refractivity contribution in [3.05, 3.63) is 55.6 Å². The van der Waals surface area contributed by atoms with Gasteiger partial charge in [-0.25, -0.2) is 0 Å². The number of halogens is 4. The van der Waals surface area contributed by atoms with Crippen LogP contribution >= 0.6 is 11.6 Å². The SMILES string of the molecule is Cc1on(-c2ccc(C(F)(F)F)cc2[N+](=O)[O-])c(=O)c1CCl. The maximum Gasteiger partial charge on any atom is 0.416 e. The molecule has 22 heavy (non-hydrogen) atoms. The molecule has 0 aliphatic rings. The Hall–Kier alpha value is -2.29. The zero-order chi connectivity index (χ0) is 16.7. The largest absolute Gasteiger partial charge is 0.416 e. The maximum absolute atomic E-state index is 12.6. The summed E-state index contributed by atoms with van der Waals surface area (Å²) in [7, 11) is 0. The van der Waals surface area contributed by atoms with Gasteiger partial charge in [-0.3, -0.25) is 14.9 Å². The van der Waals surface area contributed by atoms with Crippen LogP contribution in [0.3, 0.4) is 0 Å². The Labute approximate surface area is 125 Å². The molecule has 6 nitrogen and oxygen atoms in total. The third-order valence-electron chi connectivity index (χ3n) is 2.95. The van der Waals surface area contributed by atoms with Crippen molar-refractivity contribution in [3.8, 4) is 5.69 Å². The first kappa shape index (κ1) is 16.1. The highest BCUT2D eigenvalue weighted by molar-refractivity contribution is 6.17. The fourth-order valence-corrected chi connectivity index (χ4v) is 2.14. The molecule has 0 bridgehead atoms. The van der Waals surface area contributed by atoms with Crippen LogP contribution in [0.1, 0.15) is 16.9 Å². The van der Waals surface area contributed by atoms with Crippen molar-refractivity contribution in [2.45, 2.75) is 19.0 Å². The van der Waals surface area contributed by atoms with Crippen molar-refractivity contribution in [2.75, 3.05) is 0 Å². The van der Waals surface area contributed by atoms with E-state index < -0.39 is 33.6 Å². The molecule has 0 radical (unpaired) electrons. The molecule has 0 N–H and O–H groups in total. The van der Waals surface area contributed by atoms with Crippen LogP contribution in [0.4, 0.5) is 18.9 Å². The second-order valence-electron chi connectivity index (χ2n) is 4.32. The second kappa shape index (κ2) is 5.48. The van der Waals surface area contributed by atoms with Gasteiger partial charge >= 0.3 is 6.18 Å². The number of nitrogens with zero attached hydrogens (tertiary/aromatic N) is 2. The quantitative estimate of drug-likeness (QED) is 0.489. The predicted octanol–water partition coefficient (Wildman–Crippen LogP) is 3.40. The van der Waals surface area contributed by atoms with Crippen LogP contribution in [-0.4, -0.2) is 9.66 Å². The minimum absolute atomic E-state index is 0.0795. The molecular formula is C12H8ClF3N2O4. The number of nitro benzene ring substituents is 1. The zero-order valence-corrected chi connectivity index (χ0v) is 11.7. The first-order chi connectivity index (χ1) is 10.2. The number of hydrogen-bond donors (Lipinski definition) is 0. The van der Waals surface area contributed by atoms with Gasteiger partial charge in [0.15, 0.2) is 5.69 Å². The van der Waals surface area contributed by atoms with Gasteiger partial charge in [-0.2, -0.15) is 13.2 Å². The summed E-state index contributed by atoms with van der Waals surface area (Å²) in [6.07, 6.45) is -4.74. The summed E-state index contributed by atoms with van der Waals surface area (Å²) >= 11 is 5.57. The molecular weight excluding hydrogens is 329 g/mol. The van der Waals surface area contributed by atoms with Gasteiger partial charge in [0.25, 0.3) is 11.2 Å². The Morgan fingerprint density at radius 2 is 2.05 bits per heavy atom. The van der Waals surface area contributed by atoms with E-state index in [9.17, 15) is 28.1 Å². The molecule has 10 heteroatoms. The van der Waals surface area contributed by atoms with Crippen LogP contribution in [0.15, 0.2) is 27.5 Å².